The van der Waals surface area contributed by atoms with Crippen LogP contribution in [-0.4, -0.2) is 23.9 Å². The highest BCUT2D eigenvalue weighted by Gasteiger charge is 2.68. The maximum atomic E-state index is 14.4. The highest BCUT2D eigenvalue weighted by molar-refractivity contribution is 6.36. The van der Waals surface area contributed by atoms with E-state index < -0.39 is 17.3 Å². The smallest absolute Gasteiger partial charge is 0.271 e. The van der Waals surface area contributed by atoms with Crippen LogP contribution in [0, 0.1) is 18.8 Å². The molecule has 3 aliphatic carbocycles. The second kappa shape index (κ2) is 9.00. The van der Waals surface area contributed by atoms with Crippen molar-refractivity contribution in [1.29, 1.82) is 0 Å². The first kappa shape index (κ1) is 24.5. The standard InChI is InChI=1S/C33H24ClN3O3/c1-19-14-16-20(17-15-19)30(38)36-35-18-33-23-10-4-2-8-21(23)27(22-9-3-5-11-24(22)33)28-29(33)32(40)37(31(28)39)26-13-7-6-12-25(26)34/h2-18,27-29H,1H3,(H,36,38)/b35-18-/t27?,28-,29+,33?/m1/s1. The fourth-order valence-electron chi connectivity index (χ4n) is 6.88. The fourth-order valence-corrected chi connectivity index (χ4v) is 7.10. The zero-order valence-corrected chi connectivity index (χ0v) is 22.3. The van der Waals surface area contributed by atoms with Gasteiger partial charge in [0.05, 0.1) is 28.0 Å². The molecule has 0 saturated carbocycles. The molecule has 7 heteroatoms. The van der Waals surface area contributed by atoms with E-state index in [2.05, 4.69) is 10.5 Å². The zero-order chi connectivity index (χ0) is 27.6. The molecule has 4 aliphatic rings. The maximum absolute atomic E-state index is 14.4. The first-order chi connectivity index (χ1) is 19.4. The number of para-hydroxylation sites is 1. The van der Waals surface area contributed by atoms with Gasteiger partial charge in [-0.05, 0) is 53.4 Å². The van der Waals surface area contributed by atoms with Gasteiger partial charge in [-0.2, -0.15) is 5.10 Å². The number of benzene rings is 4. The summed E-state index contributed by atoms with van der Waals surface area (Å²) in [5.41, 5.74) is 7.28. The molecule has 2 atom stereocenters. The van der Waals surface area contributed by atoms with E-state index in [9.17, 15) is 14.4 Å². The Morgan fingerprint density at radius 1 is 0.850 bits per heavy atom. The fraction of sp³-hybridized carbons (Fsp3) is 0.152. The van der Waals surface area contributed by atoms with Gasteiger partial charge in [0, 0.05) is 17.7 Å². The predicted molar refractivity (Wildman–Crippen MR) is 154 cm³/mol. The van der Waals surface area contributed by atoms with E-state index in [4.69, 9.17) is 11.6 Å². The number of carbonyl (C=O) groups is 3. The van der Waals surface area contributed by atoms with Crippen LogP contribution in [0.25, 0.3) is 0 Å². The largest absolute Gasteiger partial charge is 0.274 e. The lowest BCUT2D eigenvalue weighted by Gasteiger charge is -2.52. The maximum Gasteiger partial charge on any atom is 0.271 e. The van der Waals surface area contributed by atoms with Crippen LogP contribution in [0.2, 0.25) is 5.02 Å². The molecular weight excluding hydrogens is 522 g/mol. The molecule has 6 nitrogen and oxygen atoms in total. The van der Waals surface area contributed by atoms with Crippen LogP contribution in [0.5, 0.6) is 0 Å². The number of nitrogens with zero attached hydrogens (tertiary/aromatic N) is 2. The molecule has 40 heavy (non-hydrogen) atoms. The van der Waals surface area contributed by atoms with Crippen molar-refractivity contribution in [3.63, 3.8) is 0 Å². The lowest BCUT2D eigenvalue weighted by Crippen LogP contribution is -2.54. The first-order valence-electron chi connectivity index (χ1n) is 13.2. The summed E-state index contributed by atoms with van der Waals surface area (Å²) in [5, 5.41) is 4.79. The number of rotatable bonds is 4. The van der Waals surface area contributed by atoms with Gasteiger partial charge < -0.3 is 0 Å². The van der Waals surface area contributed by atoms with Crippen molar-refractivity contribution in [2.75, 3.05) is 4.90 Å². The van der Waals surface area contributed by atoms with E-state index in [1.807, 2.05) is 67.6 Å². The number of hydrogen-bond donors (Lipinski definition) is 1. The summed E-state index contributed by atoms with van der Waals surface area (Å²) in [7, 11) is 0. The summed E-state index contributed by atoms with van der Waals surface area (Å²) in [6, 6.07) is 29.9. The molecule has 1 N–H and O–H groups in total. The van der Waals surface area contributed by atoms with Gasteiger partial charge in [-0.25, -0.2) is 10.3 Å². The summed E-state index contributed by atoms with van der Waals surface area (Å²) < 4.78 is 0. The molecule has 2 bridgehead atoms. The van der Waals surface area contributed by atoms with Gasteiger partial charge in [0.25, 0.3) is 5.91 Å². The van der Waals surface area contributed by atoms with Crippen molar-refractivity contribution in [3.8, 4) is 0 Å². The van der Waals surface area contributed by atoms with Gasteiger partial charge in [0.15, 0.2) is 0 Å². The van der Waals surface area contributed by atoms with E-state index in [1.165, 1.54) is 4.90 Å². The van der Waals surface area contributed by atoms with E-state index in [-0.39, 0.29) is 23.6 Å². The van der Waals surface area contributed by atoms with Gasteiger partial charge in [-0.3, -0.25) is 14.4 Å². The SMILES string of the molecule is Cc1ccc(C(=O)N/N=C\C23c4ccccc4C(c4ccccc42)[C@H]2C(=O)N(c4ccccc4Cl)C(=O)[C@H]23)cc1. The van der Waals surface area contributed by atoms with Crippen molar-refractivity contribution in [1.82, 2.24) is 5.43 Å². The van der Waals surface area contributed by atoms with Crippen molar-refractivity contribution in [2.24, 2.45) is 16.9 Å². The Bertz CT molecular complexity index is 1700. The minimum Gasteiger partial charge on any atom is -0.274 e. The van der Waals surface area contributed by atoms with E-state index in [0.717, 1.165) is 27.8 Å². The van der Waals surface area contributed by atoms with Gasteiger partial charge in [-0.15, -0.1) is 0 Å². The van der Waals surface area contributed by atoms with Crippen LogP contribution >= 0.6 is 11.6 Å². The van der Waals surface area contributed by atoms with Crippen molar-refractivity contribution in [3.05, 3.63) is 135 Å². The Balaban J connectivity index is 1.41. The number of aryl methyl sites for hydroxylation is 1. The van der Waals surface area contributed by atoms with Crippen LogP contribution in [0.15, 0.2) is 102 Å². The number of amides is 3. The molecule has 196 valence electrons. The Hall–Kier alpha value is -4.55. The number of imide groups is 1. The number of halogens is 1. The molecule has 0 aromatic heterocycles. The molecule has 0 spiro atoms. The summed E-state index contributed by atoms with van der Waals surface area (Å²) in [4.78, 5) is 42.7. The number of anilines is 1. The van der Waals surface area contributed by atoms with Gasteiger partial charge in [-0.1, -0.05) is 90.0 Å². The van der Waals surface area contributed by atoms with Crippen molar-refractivity contribution >= 4 is 41.2 Å². The number of hydrazone groups is 1. The third kappa shape index (κ3) is 3.29. The molecule has 4 aromatic rings. The highest BCUT2D eigenvalue weighted by atomic mass is 35.5. The lowest BCUT2D eigenvalue weighted by molar-refractivity contribution is -0.122. The Morgan fingerprint density at radius 3 is 2.10 bits per heavy atom. The number of hydrogen-bond acceptors (Lipinski definition) is 4. The van der Waals surface area contributed by atoms with E-state index >= 15 is 0 Å². The van der Waals surface area contributed by atoms with Crippen LogP contribution < -0.4 is 10.3 Å². The normalized spacial score (nSPS) is 24.1. The van der Waals surface area contributed by atoms with Crippen LogP contribution in [-0.2, 0) is 15.0 Å². The summed E-state index contributed by atoms with van der Waals surface area (Å²) >= 11 is 6.50. The minimum absolute atomic E-state index is 0.279. The second-order valence-corrected chi connectivity index (χ2v) is 11.0. The van der Waals surface area contributed by atoms with Crippen molar-refractivity contribution in [2.45, 2.75) is 18.3 Å². The molecule has 1 saturated heterocycles. The van der Waals surface area contributed by atoms with Crippen molar-refractivity contribution < 1.29 is 14.4 Å². The van der Waals surface area contributed by atoms with Gasteiger partial charge in [0.2, 0.25) is 11.8 Å². The average molecular weight is 546 g/mol. The Labute approximate surface area is 236 Å². The van der Waals surface area contributed by atoms with Crippen LogP contribution in [0.3, 0.4) is 0 Å². The number of nitrogens with one attached hydrogen (secondary N) is 1. The van der Waals surface area contributed by atoms with Crippen LogP contribution in [0.1, 0.15) is 44.1 Å². The number of carbonyl (C=O) groups excluding carboxylic acids is 3. The van der Waals surface area contributed by atoms with Gasteiger partial charge >= 0.3 is 0 Å². The Kier molecular flexibility index (Phi) is 5.51. The van der Waals surface area contributed by atoms with E-state index in [0.29, 0.717) is 16.3 Å². The molecule has 1 aliphatic heterocycles. The highest BCUT2D eigenvalue weighted by Crippen LogP contribution is 2.63. The molecule has 8 rings (SSSR count). The monoisotopic (exact) mass is 545 g/mol. The molecule has 0 unspecified atom stereocenters. The third-order valence-corrected chi connectivity index (χ3v) is 8.84. The lowest BCUT2D eigenvalue weighted by atomic mass is 9.47. The molecule has 0 radical (unpaired) electrons. The molecule has 1 fully saturated rings. The third-order valence-electron chi connectivity index (χ3n) is 8.53. The molecular formula is C33H24ClN3O3. The predicted octanol–water partition coefficient (Wildman–Crippen LogP) is 5.62. The zero-order valence-electron chi connectivity index (χ0n) is 21.5. The van der Waals surface area contributed by atoms with E-state index in [1.54, 1.807) is 42.6 Å². The summed E-state index contributed by atoms with van der Waals surface area (Å²) in [5.74, 6) is -2.66. The average Bonchev–Trinajstić information content (AvgIpc) is 3.24. The minimum atomic E-state index is -1.07. The summed E-state index contributed by atoms with van der Waals surface area (Å²) in [6.07, 6.45) is 1.66. The molecule has 4 aromatic carbocycles. The second-order valence-electron chi connectivity index (χ2n) is 10.6. The quantitative estimate of drug-likeness (QED) is 0.205. The van der Waals surface area contributed by atoms with Gasteiger partial charge in [0.1, 0.15) is 0 Å². The summed E-state index contributed by atoms with van der Waals surface area (Å²) in [6.45, 7) is 1.95. The topological polar surface area (TPSA) is 78.8 Å². The molecule has 3 amide bonds. The van der Waals surface area contributed by atoms with Crippen LogP contribution in [0.4, 0.5) is 5.69 Å². The Morgan fingerprint density at radius 2 is 1.45 bits per heavy atom. The first-order valence-corrected chi connectivity index (χ1v) is 13.5. The molecule has 1 heterocycles.